The number of para-hydroxylation sites is 3. The Kier molecular flexibility index (Phi) is 7.32. The monoisotopic (exact) mass is 815 g/mol. The molecule has 0 radical (unpaired) electrons. The standard InChI is InChI=1S/C61H37NO2/c1-2-14-38(15-3-1)39-28-32-41(33-29-39)62(54-26-13-21-47-46-18-7-11-27-55(46)63-60(47)54)42-34-30-40(31-35-42)43-20-12-22-49-58-56(64-59(43)49)37-36-53-57(58)48-19-6-10-25-52(48)61(53)50-23-8-4-16-44(50)45-17-5-9-24-51(45)61/h1-37H. The molecule has 2 aliphatic carbocycles. The van der Waals surface area contributed by atoms with E-state index in [1.807, 2.05) is 12.1 Å². The average Bonchev–Trinajstić information content (AvgIpc) is 4.10. The van der Waals surface area contributed by atoms with Crippen molar-refractivity contribution in [2.75, 3.05) is 4.90 Å². The van der Waals surface area contributed by atoms with Gasteiger partial charge in [0.15, 0.2) is 5.58 Å². The summed E-state index contributed by atoms with van der Waals surface area (Å²) in [5, 5.41) is 4.49. The van der Waals surface area contributed by atoms with Crippen LogP contribution in [0, 0.1) is 0 Å². The van der Waals surface area contributed by atoms with Crippen molar-refractivity contribution in [2.45, 2.75) is 5.41 Å². The highest BCUT2D eigenvalue weighted by atomic mass is 16.3. The lowest BCUT2D eigenvalue weighted by Crippen LogP contribution is -2.25. The normalized spacial score (nSPS) is 13.1. The van der Waals surface area contributed by atoms with Crippen molar-refractivity contribution in [3.05, 3.63) is 247 Å². The Hall–Kier alpha value is -8.40. The SMILES string of the molecule is c1ccc(-c2ccc(N(c3ccc(-c4cccc5c4oc4ccc6c(c45)-c4ccccc4C64c5ccccc5-c5ccccc54)cc3)c3cccc4c3oc3ccccc34)cc2)cc1. The lowest BCUT2D eigenvalue weighted by atomic mass is 9.70. The van der Waals surface area contributed by atoms with Crippen LogP contribution in [0.3, 0.4) is 0 Å². The summed E-state index contributed by atoms with van der Waals surface area (Å²) in [5.41, 5.74) is 21.1. The molecule has 64 heavy (non-hydrogen) atoms. The molecule has 2 aromatic heterocycles. The van der Waals surface area contributed by atoms with Gasteiger partial charge in [-0.2, -0.15) is 0 Å². The molecule has 3 nitrogen and oxygen atoms in total. The fourth-order valence-corrected chi connectivity index (χ4v) is 11.3. The Morgan fingerprint density at radius 3 is 1.58 bits per heavy atom. The Labute approximate surface area is 369 Å². The second kappa shape index (κ2) is 13.3. The summed E-state index contributed by atoms with van der Waals surface area (Å²) < 4.78 is 13.6. The summed E-state index contributed by atoms with van der Waals surface area (Å²) in [5.74, 6) is 0. The van der Waals surface area contributed by atoms with Gasteiger partial charge in [-0.1, -0.05) is 182 Å². The van der Waals surface area contributed by atoms with Crippen molar-refractivity contribution < 1.29 is 8.83 Å². The fraction of sp³-hybridized carbons (Fsp3) is 0.0164. The van der Waals surface area contributed by atoms with Crippen LogP contribution in [0.1, 0.15) is 22.3 Å². The van der Waals surface area contributed by atoms with E-state index < -0.39 is 5.41 Å². The summed E-state index contributed by atoms with van der Waals surface area (Å²) >= 11 is 0. The molecule has 2 heterocycles. The first-order valence-corrected chi connectivity index (χ1v) is 22.0. The Morgan fingerprint density at radius 2 is 0.844 bits per heavy atom. The largest absolute Gasteiger partial charge is 0.455 e. The summed E-state index contributed by atoms with van der Waals surface area (Å²) in [6.07, 6.45) is 0. The predicted octanol–water partition coefficient (Wildman–Crippen LogP) is 16.6. The van der Waals surface area contributed by atoms with Gasteiger partial charge in [0.25, 0.3) is 0 Å². The van der Waals surface area contributed by atoms with E-state index in [4.69, 9.17) is 8.83 Å². The lowest BCUT2D eigenvalue weighted by Gasteiger charge is -2.30. The molecule has 12 aromatic rings. The van der Waals surface area contributed by atoms with Gasteiger partial charge in [0, 0.05) is 38.5 Å². The van der Waals surface area contributed by atoms with Crippen LogP contribution in [-0.4, -0.2) is 0 Å². The first kappa shape index (κ1) is 35.2. The van der Waals surface area contributed by atoms with Crippen LogP contribution in [-0.2, 0) is 5.41 Å². The number of nitrogens with zero attached hydrogens (tertiary/aromatic N) is 1. The molecule has 0 bridgehead atoms. The minimum absolute atomic E-state index is 0.412. The van der Waals surface area contributed by atoms with Crippen molar-refractivity contribution in [3.63, 3.8) is 0 Å². The Bertz CT molecular complexity index is 3790. The molecular formula is C61H37NO2. The van der Waals surface area contributed by atoms with Gasteiger partial charge in [0.05, 0.1) is 11.1 Å². The highest BCUT2D eigenvalue weighted by molar-refractivity contribution is 6.18. The van der Waals surface area contributed by atoms with Gasteiger partial charge in [-0.25, -0.2) is 0 Å². The molecule has 14 rings (SSSR count). The smallest absolute Gasteiger partial charge is 0.159 e. The zero-order valence-electron chi connectivity index (χ0n) is 34.6. The summed E-state index contributed by atoms with van der Waals surface area (Å²) in [6.45, 7) is 0. The third-order valence-corrected chi connectivity index (χ3v) is 13.9. The molecule has 0 saturated carbocycles. The lowest BCUT2D eigenvalue weighted by molar-refractivity contribution is 0.669. The molecule has 0 amide bonds. The van der Waals surface area contributed by atoms with Gasteiger partial charge in [-0.3, -0.25) is 0 Å². The second-order valence-electron chi connectivity index (χ2n) is 17.1. The van der Waals surface area contributed by atoms with Crippen molar-refractivity contribution in [3.8, 4) is 44.5 Å². The van der Waals surface area contributed by atoms with Gasteiger partial charge in [0.2, 0.25) is 0 Å². The molecule has 2 aliphatic rings. The van der Waals surface area contributed by atoms with Crippen LogP contribution in [0.2, 0.25) is 0 Å². The number of anilines is 3. The van der Waals surface area contributed by atoms with E-state index in [0.29, 0.717) is 0 Å². The molecule has 1 spiro atoms. The van der Waals surface area contributed by atoms with E-state index in [0.717, 1.165) is 66.7 Å². The van der Waals surface area contributed by atoms with Crippen LogP contribution in [0.4, 0.5) is 17.1 Å². The van der Waals surface area contributed by atoms with Crippen molar-refractivity contribution in [1.29, 1.82) is 0 Å². The maximum absolute atomic E-state index is 6.99. The molecule has 0 aliphatic heterocycles. The quantitative estimate of drug-likeness (QED) is 0.173. The molecular weight excluding hydrogens is 779 g/mol. The molecule has 298 valence electrons. The molecule has 10 aromatic carbocycles. The number of hydrogen-bond donors (Lipinski definition) is 0. The zero-order chi connectivity index (χ0) is 41.9. The van der Waals surface area contributed by atoms with E-state index in [-0.39, 0.29) is 0 Å². The van der Waals surface area contributed by atoms with Gasteiger partial charge in [-0.05, 0) is 104 Å². The third kappa shape index (κ3) is 4.76. The van der Waals surface area contributed by atoms with E-state index >= 15 is 0 Å². The molecule has 0 N–H and O–H groups in total. The predicted molar refractivity (Wildman–Crippen MR) is 263 cm³/mol. The Morgan fingerprint density at radius 1 is 0.312 bits per heavy atom. The van der Waals surface area contributed by atoms with Gasteiger partial charge in [0.1, 0.15) is 16.7 Å². The number of hydrogen-bond acceptors (Lipinski definition) is 3. The molecule has 0 saturated heterocycles. The van der Waals surface area contributed by atoms with E-state index in [1.54, 1.807) is 0 Å². The average molecular weight is 816 g/mol. The zero-order valence-corrected chi connectivity index (χ0v) is 34.6. The van der Waals surface area contributed by atoms with Gasteiger partial charge < -0.3 is 13.7 Å². The topological polar surface area (TPSA) is 29.5 Å². The van der Waals surface area contributed by atoms with Crippen LogP contribution in [0.25, 0.3) is 88.4 Å². The summed E-state index contributed by atoms with van der Waals surface area (Å²) in [6, 6.07) is 81.0. The first-order chi connectivity index (χ1) is 31.8. The maximum atomic E-state index is 6.99. The van der Waals surface area contributed by atoms with Crippen molar-refractivity contribution in [1.82, 2.24) is 0 Å². The van der Waals surface area contributed by atoms with E-state index in [2.05, 4.69) is 217 Å². The molecule has 0 atom stereocenters. The first-order valence-electron chi connectivity index (χ1n) is 22.0. The summed E-state index contributed by atoms with van der Waals surface area (Å²) in [4.78, 5) is 2.31. The second-order valence-corrected chi connectivity index (χ2v) is 17.1. The van der Waals surface area contributed by atoms with Crippen LogP contribution >= 0.6 is 0 Å². The van der Waals surface area contributed by atoms with Crippen LogP contribution in [0.15, 0.2) is 233 Å². The number of furan rings is 2. The molecule has 0 unspecified atom stereocenters. The highest BCUT2D eigenvalue weighted by Gasteiger charge is 2.52. The minimum atomic E-state index is -0.412. The van der Waals surface area contributed by atoms with Crippen LogP contribution < -0.4 is 4.90 Å². The van der Waals surface area contributed by atoms with E-state index in [9.17, 15) is 0 Å². The van der Waals surface area contributed by atoms with Crippen molar-refractivity contribution >= 4 is 60.9 Å². The number of fused-ring (bicyclic) bond motifs is 17. The Balaban J connectivity index is 0.927. The van der Waals surface area contributed by atoms with Gasteiger partial charge >= 0.3 is 0 Å². The van der Waals surface area contributed by atoms with Crippen LogP contribution in [0.5, 0.6) is 0 Å². The third-order valence-electron chi connectivity index (χ3n) is 13.9. The van der Waals surface area contributed by atoms with Crippen molar-refractivity contribution in [2.24, 2.45) is 0 Å². The maximum Gasteiger partial charge on any atom is 0.159 e. The van der Waals surface area contributed by atoms with E-state index in [1.165, 1.54) is 61.0 Å². The number of benzene rings is 10. The minimum Gasteiger partial charge on any atom is -0.455 e. The highest BCUT2D eigenvalue weighted by Crippen LogP contribution is 2.64. The summed E-state index contributed by atoms with van der Waals surface area (Å²) in [7, 11) is 0. The van der Waals surface area contributed by atoms with Gasteiger partial charge in [-0.15, -0.1) is 0 Å². The molecule has 0 fully saturated rings. The fourth-order valence-electron chi connectivity index (χ4n) is 11.3. The number of rotatable bonds is 5. The molecule has 3 heteroatoms.